The van der Waals surface area contributed by atoms with Gasteiger partial charge in [0.2, 0.25) is 5.78 Å². The molecule has 3 aromatic rings. The first-order chi connectivity index (χ1) is 13.5. The van der Waals surface area contributed by atoms with E-state index in [1.165, 1.54) is 28.4 Å². The highest BCUT2D eigenvalue weighted by Crippen LogP contribution is 2.33. The van der Waals surface area contributed by atoms with E-state index in [1.807, 2.05) is 18.2 Å². The van der Waals surface area contributed by atoms with Crippen LogP contribution in [-0.4, -0.2) is 36.3 Å². The molecule has 28 heavy (non-hydrogen) atoms. The van der Waals surface area contributed by atoms with Gasteiger partial charge in [0.05, 0.1) is 13.2 Å². The molecule has 0 aromatic carbocycles. The number of imidazole rings is 2. The lowest BCUT2D eigenvalue weighted by Gasteiger charge is -2.24. The molecule has 0 unspecified atom stereocenters. The van der Waals surface area contributed by atoms with E-state index in [0.717, 1.165) is 30.0 Å². The zero-order valence-electron chi connectivity index (χ0n) is 17.2. The van der Waals surface area contributed by atoms with Crippen LogP contribution in [0.15, 0.2) is 9.59 Å². The summed E-state index contributed by atoms with van der Waals surface area (Å²) in [5.74, 6) is 0.770. The molecule has 8 heteroatoms. The molecular formula is C20H29N5O3. The lowest BCUT2D eigenvalue weighted by Crippen LogP contribution is -2.40. The van der Waals surface area contributed by atoms with Gasteiger partial charge in [-0.3, -0.25) is 18.3 Å². The number of fused-ring (bicyclic) bond motifs is 3. The smallest absolute Gasteiger partial charge is 0.332 e. The standard InChI is InChI=1S/C20H29N5O3/c1-5-28-12-11-23-18(26)16-17(22(4)20(23)27)21-19-24(13(2)14(3)25(16)19)15-9-7-6-8-10-15/h15H,5-12H2,1-4H3. The summed E-state index contributed by atoms with van der Waals surface area (Å²) in [6.07, 6.45) is 5.98. The van der Waals surface area contributed by atoms with Gasteiger partial charge in [-0.15, -0.1) is 0 Å². The van der Waals surface area contributed by atoms with Crippen LogP contribution in [0.3, 0.4) is 0 Å². The first-order valence-corrected chi connectivity index (χ1v) is 10.2. The first-order valence-electron chi connectivity index (χ1n) is 10.2. The number of nitrogens with zero attached hydrogens (tertiary/aromatic N) is 5. The van der Waals surface area contributed by atoms with Crippen LogP contribution in [0.5, 0.6) is 0 Å². The highest BCUT2D eigenvalue weighted by atomic mass is 16.5. The van der Waals surface area contributed by atoms with Crippen molar-refractivity contribution in [3.8, 4) is 0 Å². The maximum absolute atomic E-state index is 13.2. The summed E-state index contributed by atoms with van der Waals surface area (Å²) in [5, 5.41) is 0. The van der Waals surface area contributed by atoms with Gasteiger partial charge in [0.15, 0.2) is 11.2 Å². The Balaban J connectivity index is 1.99. The minimum Gasteiger partial charge on any atom is -0.380 e. The van der Waals surface area contributed by atoms with Crippen molar-refractivity contribution in [3.63, 3.8) is 0 Å². The molecule has 1 aliphatic carbocycles. The molecule has 8 nitrogen and oxygen atoms in total. The Bertz CT molecular complexity index is 1140. The lowest BCUT2D eigenvalue weighted by atomic mass is 9.95. The fraction of sp³-hybridized carbons (Fsp3) is 0.650. The van der Waals surface area contributed by atoms with Crippen molar-refractivity contribution < 1.29 is 4.74 Å². The number of aryl methyl sites for hydroxylation is 2. The van der Waals surface area contributed by atoms with Crippen molar-refractivity contribution in [1.82, 2.24) is 23.1 Å². The maximum Gasteiger partial charge on any atom is 0.332 e. The normalized spacial score (nSPS) is 15.9. The quantitative estimate of drug-likeness (QED) is 0.630. The summed E-state index contributed by atoms with van der Waals surface area (Å²) < 4.78 is 12.3. The van der Waals surface area contributed by atoms with E-state index in [0.29, 0.717) is 30.4 Å². The second-order valence-electron chi connectivity index (χ2n) is 7.75. The Morgan fingerprint density at radius 1 is 1.11 bits per heavy atom. The van der Waals surface area contributed by atoms with Crippen LogP contribution in [0.25, 0.3) is 16.9 Å². The average Bonchev–Trinajstić information content (AvgIpc) is 3.19. The molecule has 3 aromatic heterocycles. The van der Waals surface area contributed by atoms with E-state index in [1.54, 1.807) is 7.05 Å². The van der Waals surface area contributed by atoms with Crippen molar-refractivity contribution in [2.24, 2.45) is 7.05 Å². The van der Waals surface area contributed by atoms with E-state index in [-0.39, 0.29) is 17.8 Å². The molecule has 0 radical (unpaired) electrons. The van der Waals surface area contributed by atoms with Crippen LogP contribution in [0.4, 0.5) is 0 Å². The van der Waals surface area contributed by atoms with Crippen LogP contribution < -0.4 is 11.2 Å². The molecular weight excluding hydrogens is 358 g/mol. The zero-order valence-corrected chi connectivity index (χ0v) is 17.2. The molecule has 0 N–H and O–H groups in total. The van der Waals surface area contributed by atoms with Crippen molar-refractivity contribution in [2.45, 2.75) is 65.5 Å². The van der Waals surface area contributed by atoms with Crippen LogP contribution in [-0.2, 0) is 18.3 Å². The van der Waals surface area contributed by atoms with Gasteiger partial charge < -0.3 is 9.30 Å². The summed E-state index contributed by atoms with van der Waals surface area (Å²) in [6.45, 7) is 7.14. The third-order valence-corrected chi connectivity index (χ3v) is 6.16. The SMILES string of the molecule is CCOCCn1c(=O)c2c(nc3n(C4CCCCC4)c(C)c(C)n23)n(C)c1=O. The fourth-order valence-corrected chi connectivity index (χ4v) is 4.55. The first kappa shape index (κ1) is 19.0. The van der Waals surface area contributed by atoms with Crippen LogP contribution in [0.2, 0.25) is 0 Å². The predicted molar refractivity (Wildman–Crippen MR) is 108 cm³/mol. The molecule has 0 amide bonds. The van der Waals surface area contributed by atoms with Crippen molar-refractivity contribution in [3.05, 3.63) is 32.2 Å². The Labute approximate surface area is 163 Å². The molecule has 0 bridgehead atoms. The number of hydrogen-bond acceptors (Lipinski definition) is 4. The molecule has 1 aliphatic rings. The molecule has 0 spiro atoms. The van der Waals surface area contributed by atoms with Gasteiger partial charge in [0.25, 0.3) is 5.56 Å². The molecule has 0 saturated heterocycles. The van der Waals surface area contributed by atoms with Gasteiger partial charge in [-0.1, -0.05) is 19.3 Å². The monoisotopic (exact) mass is 387 g/mol. The second-order valence-corrected chi connectivity index (χ2v) is 7.75. The molecule has 0 atom stereocenters. The summed E-state index contributed by atoms with van der Waals surface area (Å²) in [4.78, 5) is 30.8. The molecule has 152 valence electrons. The van der Waals surface area contributed by atoms with Gasteiger partial charge in [-0.2, -0.15) is 4.98 Å². The van der Waals surface area contributed by atoms with Crippen molar-refractivity contribution >= 4 is 16.9 Å². The van der Waals surface area contributed by atoms with E-state index in [2.05, 4.69) is 11.5 Å². The van der Waals surface area contributed by atoms with Crippen LogP contribution in [0.1, 0.15) is 56.5 Å². The Hall–Kier alpha value is -2.35. The average molecular weight is 387 g/mol. The fourth-order valence-electron chi connectivity index (χ4n) is 4.55. The van der Waals surface area contributed by atoms with Crippen molar-refractivity contribution in [1.29, 1.82) is 0 Å². The van der Waals surface area contributed by atoms with Gasteiger partial charge in [0, 0.05) is 31.1 Å². The minimum atomic E-state index is -0.350. The Morgan fingerprint density at radius 2 is 1.82 bits per heavy atom. The lowest BCUT2D eigenvalue weighted by molar-refractivity contribution is 0.137. The largest absolute Gasteiger partial charge is 0.380 e. The topological polar surface area (TPSA) is 75.5 Å². The van der Waals surface area contributed by atoms with Gasteiger partial charge in [-0.25, -0.2) is 4.79 Å². The maximum atomic E-state index is 13.2. The van der Waals surface area contributed by atoms with Gasteiger partial charge in [0.1, 0.15) is 0 Å². The van der Waals surface area contributed by atoms with E-state index >= 15 is 0 Å². The summed E-state index contributed by atoms with van der Waals surface area (Å²) in [6, 6.07) is 0.402. The second kappa shape index (κ2) is 7.24. The van der Waals surface area contributed by atoms with Gasteiger partial charge in [-0.05, 0) is 33.6 Å². The number of rotatable bonds is 5. The van der Waals surface area contributed by atoms with Gasteiger partial charge >= 0.3 is 5.69 Å². The molecule has 4 rings (SSSR count). The Morgan fingerprint density at radius 3 is 2.50 bits per heavy atom. The summed E-state index contributed by atoms with van der Waals surface area (Å²) in [7, 11) is 1.68. The molecule has 1 saturated carbocycles. The highest BCUT2D eigenvalue weighted by molar-refractivity contribution is 5.76. The van der Waals surface area contributed by atoms with E-state index in [4.69, 9.17) is 9.72 Å². The number of hydrogen-bond donors (Lipinski definition) is 0. The zero-order chi connectivity index (χ0) is 20.0. The van der Waals surface area contributed by atoms with E-state index in [9.17, 15) is 9.59 Å². The molecule has 0 aliphatic heterocycles. The number of aromatic nitrogens is 5. The van der Waals surface area contributed by atoms with Crippen LogP contribution in [0, 0.1) is 13.8 Å². The summed E-state index contributed by atoms with van der Waals surface area (Å²) in [5.41, 5.74) is 2.43. The van der Waals surface area contributed by atoms with E-state index < -0.39 is 0 Å². The third-order valence-electron chi connectivity index (χ3n) is 6.16. The third kappa shape index (κ3) is 2.73. The number of ether oxygens (including phenoxy) is 1. The van der Waals surface area contributed by atoms with Crippen LogP contribution >= 0.6 is 0 Å². The minimum absolute atomic E-state index is 0.240. The molecule has 1 fully saturated rings. The summed E-state index contributed by atoms with van der Waals surface area (Å²) >= 11 is 0. The predicted octanol–water partition coefficient (Wildman–Crippen LogP) is 2.31. The highest BCUT2D eigenvalue weighted by Gasteiger charge is 2.26. The van der Waals surface area contributed by atoms with Crippen molar-refractivity contribution in [2.75, 3.05) is 13.2 Å². The molecule has 3 heterocycles. The Kier molecular flexibility index (Phi) is 4.91.